The number of unbranched alkanes of at least 4 members (excludes halogenated alkanes) is 12. The molecule has 30 heavy (non-hydrogen) atoms. The van der Waals surface area contributed by atoms with E-state index in [2.05, 4.69) is 18.8 Å². The van der Waals surface area contributed by atoms with Gasteiger partial charge in [0.15, 0.2) is 0 Å². The van der Waals surface area contributed by atoms with E-state index in [4.69, 9.17) is 9.15 Å². The second kappa shape index (κ2) is 15.2. The molecule has 0 aliphatic carbocycles. The molecule has 0 saturated heterocycles. The maximum absolute atomic E-state index is 12.2. The molecular weight excluding hydrogens is 376 g/mol. The monoisotopic (exact) mass is 418 g/mol. The minimum atomic E-state index is -0.223. The summed E-state index contributed by atoms with van der Waals surface area (Å²) < 4.78 is 13.2. The van der Waals surface area contributed by atoms with E-state index in [9.17, 15) is 4.79 Å². The highest BCUT2D eigenvalue weighted by Crippen LogP contribution is 2.17. The summed E-state index contributed by atoms with van der Waals surface area (Å²) in [4.78, 5) is 16.4. The van der Waals surface area contributed by atoms with E-state index in [1.54, 1.807) is 4.57 Å². The van der Waals surface area contributed by atoms with E-state index in [-0.39, 0.29) is 5.69 Å². The molecule has 2 rings (SSSR count). The second-order valence-corrected chi connectivity index (χ2v) is 8.49. The van der Waals surface area contributed by atoms with Gasteiger partial charge >= 0.3 is 5.69 Å². The van der Waals surface area contributed by atoms with Crippen molar-refractivity contribution in [1.29, 1.82) is 0 Å². The average Bonchev–Trinajstić information content (AvgIpc) is 3.13. The van der Waals surface area contributed by atoms with Crippen LogP contribution in [0, 0.1) is 0 Å². The fraction of sp³-hybridized carbons (Fsp3) is 0.760. The number of furan rings is 1. The standard InChI is InChI=1S/C25H42N2O3/c1-3-5-7-9-11-12-13-15-17-27-20-22-19-23(30-24(22)26-25(27)28)21-29-18-16-14-10-8-6-4-2/h19-20H,3-18,21H2,1-2H3. The van der Waals surface area contributed by atoms with Crippen LogP contribution in [0.25, 0.3) is 11.1 Å². The van der Waals surface area contributed by atoms with Gasteiger partial charge in [0.2, 0.25) is 5.71 Å². The number of hydrogen-bond donors (Lipinski definition) is 0. The van der Waals surface area contributed by atoms with Gasteiger partial charge in [-0.05, 0) is 18.9 Å². The SMILES string of the molecule is CCCCCCCCCCn1cc2cc(COCCCCCCCC)oc2nc1=O. The molecule has 0 aliphatic heterocycles. The van der Waals surface area contributed by atoms with E-state index in [1.165, 1.54) is 77.0 Å². The van der Waals surface area contributed by atoms with E-state index < -0.39 is 0 Å². The molecule has 0 saturated carbocycles. The lowest BCUT2D eigenvalue weighted by Gasteiger charge is -2.05. The molecule has 0 amide bonds. The second-order valence-electron chi connectivity index (χ2n) is 8.49. The Kier molecular flexibility index (Phi) is 12.5. The Bertz CT molecular complexity index is 750. The minimum Gasteiger partial charge on any atom is -0.440 e. The first-order chi connectivity index (χ1) is 14.7. The third-order valence-electron chi connectivity index (χ3n) is 5.67. The van der Waals surface area contributed by atoms with E-state index in [0.29, 0.717) is 12.3 Å². The van der Waals surface area contributed by atoms with Crippen molar-refractivity contribution < 1.29 is 9.15 Å². The van der Waals surface area contributed by atoms with Crippen LogP contribution in [0.2, 0.25) is 0 Å². The predicted octanol–water partition coefficient (Wildman–Crippen LogP) is 7.01. The number of aryl methyl sites for hydroxylation is 1. The van der Waals surface area contributed by atoms with Gasteiger partial charge in [0.1, 0.15) is 12.4 Å². The van der Waals surface area contributed by atoms with Crippen LogP contribution in [0.1, 0.15) is 109 Å². The highest BCUT2D eigenvalue weighted by Gasteiger charge is 2.08. The van der Waals surface area contributed by atoms with Crippen molar-refractivity contribution in [2.45, 2.75) is 117 Å². The van der Waals surface area contributed by atoms with Crippen LogP contribution in [0.3, 0.4) is 0 Å². The third kappa shape index (κ3) is 9.46. The maximum atomic E-state index is 12.2. The Labute approximate surface area is 182 Å². The number of ether oxygens (including phenoxy) is 1. The highest BCUT2D eigenvalue weighted by atomic mass is 16.5. The summed E-state index contributed by atoms with van der Waals surface area (Å²) in [7, 11) is 0. The Morgan fingerprint density at radius 1 is 0.867 bits per heavy atom. The van der Waals surface area contributed by atoms with Gasteiger partial charge in [-0.3, -0.25) is 4.57 Å². The summed E-state index contributed by atoms with van der Waals surface area (Å²) in [5.41, 5.74) is 0.199. The van der Waals surface area contributed by atoms with E-state index in [0.717, 1.165) is 37.1 Å². The molecule has 170 valence electrons. The molecule has 0 unspecified atom stereocenters. The third-order valence-corrected chi connectivity index (χ3v) is 5.67. The maximum Gasteiger partial charge on any atom is 0.350 e. The Morgan fingerprint density at radius 2 is 1.47 bits per heavy atom. The molecule has 0 atom stereocenters. The largest absolute Gasteiger partial charge is 0.440 e. The van der Waals surface area contributed by atoms with Gasteiger partial charge in [0, 0.05) is 19.3 Å². The van der Waals surface area contributed by atoms with Crippen molar-refractivity contribution >= 4 is 11.1 Å². The number of aromatic nitrogens is 2. The van der Waals surface area contributed by atoms with Crippen LogP contribution in [0.15, 0.2) is 21.5 Å². The molecule has 5 nitrogen and oxygen atoms in total. The molecule has 2 aromatic rings. The molecule has 0 aromatic carbocycles. The molecule has 0 spiro atoms. The molecule has 2 heterocycles. The molecule has 5 heteroatoms. The average molecular weight is 419 g/mol. The Hall–Kier alpha value is -1.62. The fourth-order valence-electron chi connectivity index (χ4n) is 3.81. The molecule has 0 N–H and O–H groups in total. The quantitative estimate of drug-likeness (QED) is 0.244. The van der Waals surface area contributed by atoms with Crippen LogP contribution < -0.4 is 5.69 Å². The first-order valence-corrected chi connectivity index (χ1v) is 12.3. The minimum absolute atomic E-state index is 0.223. The summed E-state index contributed by atoms with van der Waals surface area (Å²) in [5, 5.41) is 0.882. The topological polar surface area (TPSA) is 57.3 Å². The predicted molar refractivity (Wildman–Crippen MR) is 124 cm³/mol. The summed E-state index contributed by atoms with van der Waals surface area (Å²) in [6, 6.07) is 1.95. The summed E-state index contributed by atoms with van der Waals surface area (Å²) in [6.45, 7) is 6.40. The zero-order valence-electron chi connectivity index (χ0n) is 19.3. The highest BCUT2D eigenvalue weighted by molar-refractivity contribution is 5.72. The fourth-order valence-corrected chi connectivity index (χ4v) is 3.81. The van der Waals surface area contributed by atoms with Crippen molar-refractivity contribution in [3.63, 3.8) is 0 Å². The number of hydrogen-bond acceptors (Lipinski definition) is 4. The number of fused-ring (bicyclic) bond motifs is 1. The number of nitrogens with zero attached hydrogens (tertiary/aromatic N) is 2. The zero-order chi connectivity index (χ0) is 21.4. The van der Waals surface area contributed by atoms with E-state index >= 15 is 0 Å². The van der Waals surface area contributed by atoms with Crippen LogP contribution in [0.4, 0.5) is 0 Å². The summed E-state index contributed by atoms with van der Waals surface area (Å²) in [6.07, 6.45) is 19.5. The van der Waals surface area contributed by atoms with Gasteiger partial charge in [-0.25, -0.2) is 4.79 Å². The molecular formula is C25H42N2O3. The van der Waals surface area contributed by atoms with Gasteiger partial charge in [-0.2, -0.15) is 4.98 Å². The summed E-state index contributed by atoms with van der Waals surface area (Å²) >= 11 is 0. The molecule has 0 bridgehead atoms. The van der Waals surface area contributed by atoms with Gasteiger partial charge in [0.05, 0.1) is 5.39 Å². The van der Waals surface area contributed by atoms with Gasteiger partial charge in [-0.1, -0.05) is 90.9 Å². The van der Waals surface area contributed by atoms with Crippen LogP contribution in [-0.2, 0) is 17.9 Å². The van der Waals surface area contributed by atoms with Crippen molar-refractivity contribution in [2.24, 2.45) is 0 Å². The van der Waals surface area contributed by atoms with Crippen molar-refractivity contribution in [1.82, 2.24) is 9.55 Å². The van der Waals surface area contributed by atoms with Gasteiger partial charge < -0.3 is 9.15 Å². The van der Waals surface area contributed by atoms with Crippen LogP contribution >= 0.6 is 0 Å². The lowest BCUT2D eigenvalue weighted by molar-refractivity contribution is 0.103. The Morgan fingerprint density at radius 3 is 2.13 bits per heavy atom. The molecule has 0 fully saturated rings. The first kappa shape index (κ1) is 24.6. The zero-order valence-corrected chi connectivity index (χ0v) is 19.3. The lowest BCUT2D eigenvalue weighted by Crippen LogP contribution is -2.22. The first-order valence-electron chi connectivity index (χ1n) is 12.3. The van der Waals surface area contributed by atoms with Crippen molar-refractivity contribution in [2.75, 3.05) is 6.61 Å². The summed E-state index contributed by atoms with van der Waals surface area (Å²) in [5.74, 6) is 0.743. The van der Waals surface area contributed by atoms with Gasteiger partial charge in [-0.15, -0.1) is 0 Å². The lowest BCUT2D eigenvalue weighted by atomic mass is 10.1. The smallest absolute Gasteiger partial charge is 0.350 e. The van der Waals surface area contributed by atoms with Crippen molar-refractivity contribution in [3.8, 4) is 0 Å². The van der Waals surface area contributed by atoms with Crippen LogP contribution in [-0.4, -0.2) is 16.2 Å². The van der Waals surface area contributed by atoms with E-state index in [1.807, 2.05) is 12.3 Å². The van der Waals surface area contributed by atoms with Crippen LogP contribution in [0.5, 0.6) is 0 Å². The normalized spacial score (nSPS) is 11.5. The molecule has 2 aromatic heterocycles. The van der Waals surface area contributed by atoms with Gasteiger partial charge in [0.25, 0.3) is 0 Å². The molecule has 0 aliphatic rings. The number of rotatable bonds is 18. The van der Waals surface area contributed by atoms with Crippen molar-refractivity contribution in [3.05, 3.63) is 28.5 Å². The molecule has 0 radical (unpaired) electrons. The Balaban J connectivity index is 1.69.